The van der Waals surface area contributed by atoms with Gasteiger partial charge in [0.1, 0.15) is 0 Å². The zero-order valence-corrected chi connectivity index (χ0v) is 11.5. The summed E-state index contributed by atoms with van der Waals surface area (Å²) in [5, 5.41) is 19.8. The molecule has 2 N–H and O–H groups in total. The molecule has 0 amide bonds. The van der Waals surface area contributed by atoms with Gasteiger partial charge in [-0.05, 0) is 17.9 Å². The molecule has 1 rings (SSSR count). The third-order valence-electron chi connectivity index (χ3n) is 3.23. The van der Waals surface area contributed by atoms with Gasteiger partial charge in [-0.3, -0.25) is 0 Å². The molecule has 1 aromatic rings. The van der Waals surface area contributed by atoms with Crippen LogP contribution in [0.1, 0.15) is 38.9 Å². The molecule has 0 aromatic heterocycles. The summed E-state index contributed by atoms with van der Waals surface area (Å²) < 4.78 is 0. The summed E-state index contributed by atoms with van der Waals surface area (Å²) in [4.78, 5) is 0. The molecular weight excluding hydrogens is 224 g/mol. The summed E-state index contributed by atoms with van der Waals surface area (Å²) in [7, 11) is 0. The number of hydrogen-bond donors (Lipinski definition) is 2. The maximum Gasteiger partial charge on any atom is 0.0849 e. The van der Waals surface area contributed by atoms with E-state index in [1.807, 2.05) is 63.3 Å². The first kappa shape index (κ1) is 14.9. The Morgan fingerprint density at radius 1 is 1.06 bits per heavy atom. The van der Waals surface area contributed by atoms with Gasteiger partial charge in [0.05, 0.1) is 12.2 Å². The number of aliphatic hydroxyl groups is 2. The summed E-state index contributed by atoms with van der Waals surface area (Å²) in [6, 6.07) is 9.65. The molecule has 18 heavy (non-hydrogen) atoms. The van der Waals surface area contributed by atoms with Crippen LogP contribution in [0.25, 0.3) is 0 Å². The SMILES string of the molecule is CC(C)[C@@H](O)C/C=C/[C@H](C)[C@H](O)c1ccccc1. The van der Waals surface area contributed by atoms with Crippen LogP contribution in [0.4, 0.5) is 0 Å². The molecule has 1 aromatic carbocycles. The molecule has 0 heterocycles. The highest BCUT2D eigenvalue weighted by atomic mass is 16.3. The quantitative estimate of drug-likeness (QED) is 0.758. The van der Waals surface area contributed by atoms with Gasteiger partial charge in [-0.1, -0.05) is 63.3 Å². The minimum absolute atomic E-state index is 0.0479. The molecule has 0 saturated heterocycles. The molecule has 100 valence electrons. The van der Waals surface area contributed by atoms with Crippen molar-refractivity contribution in [3.05, 3.63) is 48.0 Å². The van der Waals surface area contributed by atoms with E-state index in [9.17, 15) is 10.2 Å². The summed E-state index contributed by atoms with van der Waals surface area (Å²) in [6.45, 7) is 5.98. The van der Waals surface area contributed by atoms with Gasteiger partial charge < -0.3 is 10.2 Å². The average Bonchev–Trinajstić information content (AvgIpc) is 2.38. The maximum absolute atomic E-state index is 10.1. The van der Waals surface area contributed by atoms with Crippen molar-refractivity contribution < 1.29 is 10.2 Å². The summed E-state index contributed by atoms with van der Waals surface area (Å²) >= 11 is 0. The topological polar surface area (TPSA) is 40.5 Å². The Morgan fingerprint density at radius 2 is 1.67 bits per heavy atom. The van der Waals surface area contributed by atoms with Crippen LogP contribution in [0.5, 0.6) is 0 Å². The fourth-order valence-electron chi connectivity index (χ4n) is 1.76. The van der Waals surface area contributed by atoms with Crippen LogP contribution < -0.4 is 0 Å². The molecule has 0 unspecified atom stereocenters. The molecule has 0 fully saturated rings. The molecule has 0 radical (unpaired) electrons. The third kappa shape index (κ3) is 4.63. The Hall–Kier alpha value is -1.12. The van der Waals surface area contributed by atoms with E-state index in [2.05, 4.69) is 0 Å². The van der Waals surface area contributed by atoms with Crippen LogP contribution in [0.2, 0.25) is 0 Å². The maximum atomic E-state index is 10.1. The monoisotopic (exact) mass is 248 g/mol. The van der Waals surface area contributed by atoms with Crippen LogP contribution in [-0.2, 0) is 0 Å². The number of rotatable bonds is 6. The number of hydrogen-bond acceptors (Lipinski definition) is 2. The summed E-state index contributed by atoms with van der Waals surface area (Å²) in [5.74, 6) is 0.316. The van der Waals surface area contributed by atoms with Crippen LogP contribution in [0.15, 0.2) is 42.5 Å². The smallest absolute Gasteiger partial charge is 0.0849 e. The molecular formula is C16H24O2. The molecule has 3 atom stereocenters. The fourth-order valence-corrected chi connectivity index (χ4v) is 1.76. The Balaban J connectivity index is 2.50. The molecule has 0 aliphatic rings. The minimum Gasteiger partial charge on any atom is -0.393 e. The lowest BCUT2D eigenvalue weighted by atomic mass is 9.96. The van der Waals surface area contributed by atoms with E-state index >= 15 is 0 Å². The molecule has 0 aliphatic heterocycles. The Bertz CT molecular complexity index is 357. The lowest BCUT2D eigenvalue weighted by molar-refractivity contribution is 0.126. The van der Waals surface area contributed by atoms with Crippen LogP contribution in [-0.4, -0.2) is 16.3 Å². The standard InChI is InChI=1S/C16H24O2/c1-12(2)15(17)11-7-8-13(3)16(18)14-9-5-4-6-10-14/h4-10,12-13,15-18H,11H2,1-3H3/b8-7+/t13-,15-,16-/m0/s1. The van der Waals surface area contributed by atoms with Gasteiger partial charge in [0, 0.05) is 5.92 Å². The molecule has 2 heteroatoms. The van der Waals surface area contributed by atoms with Crippen LogP contribution in [0, 0.1) is 11.8 Å². The highest BCUT2D eigenvalue weighted by Gasteiger charge is 2.13. The first-order chi connectivity index (χ1) is 8.52. The number of benzene rings is 1. The van der Waals surface area contributed by atoms with Gasteiger partial charge in [0.25, 0.3) is 0 Å². The second-order valence-corrected chi connectivity index (χ2v) is 5.19. The van der Waals surface area contributed by atoms with Gasteiger partial charge in [0.2, 0.25) is 0 Å². The predicted octanol–water partition coefficient (Wildman–Crippen LogP) is 3.32. The lowest BCUT2D eigenvalue weighted by Gasteiger charge is -2.16. The van der Waals surface area contributed by atoms with Gasteiger partial charge in [-0.25, -0.2) is 0 Å². The van der Waals surface area contributed by atoms with E-state index in [0.29, 0.717) is 6.42 Å². The molecule has 0 bridgehead atoms. The van der Waals surface area contributed by atoms with Crippen molar-refractivity contribution in [1.29, 1.82) is 0 Å². The van der Waals surface area contributed by atoms with Crippen molar-refractivity contribution in [2.45, 2.75) is 39.4 Å². The van der Waals surface area contributed by atoms with Crippen molar-refractivity contribution in [1.82, 2.24) is 0 Å². The van der Waals surface area contributed by atoms with E-state index in [0.717, 1.165) is 5.56 Å². The Morgan fingerprint density at radius 3 is 2.22 bits per heavy atom. The van der Waals surface area contributed by atoms with Crippen molar-refractivity contribution in [2.75, 3.05) is 0 Å². The lowest BCUT2D eigenvalue weighted by Crippen LogP contribution is -2.13. The zero-order valence-electron chi connectivity index (χ0n) is 11.5. The van der Waals surface area contributed by atoms with Gasteiger partial charge >= 0.3 is 0 Å². The average molecular weight is 248 g/mol. The fraction of sp³-hybridized carbons (Fsp3) is 0.500. The Kier molecular flexibility index (Phi) is 6.10. The predicted molar refractivity (Wildman–Crippen MR) is 75.2 cm³/mol. The minimum atomic E-state index is -0.487. The molecule has 0 saturated carbocycles. The van der Waals surface area contributed by atoms with E-state index in [-0.39, 0.29) is 17.9 Å². The van der Waals surface area contributed by atoms with Crippen molar-refractivity contribution >= 4 is 0 Å². The summed E-state index contributed by atoms with van der Waals surface area (Å²) in [6.07, 6.45) is 3.79. The van der Waals surface area contributed by atoms with E-state index < -0.39 is 6.10 Å². The first-order valence-corrected chi connectivity index (χ1v) is 6.60. The van der Waals surface area contributed by atoms with Crippen molar-refractivity contribution in [2.24, 2.45) is 11.8 Å². The highest BCUT2D eigenvalue weighted by Crippen LogP contribution is 2.22. The van der Waals surface area contributed by atoms with Gasteiger partial charge in [-0.15, -0.1) is 0 Å². The van der Waals surface area contributed by atoms with E-state index in [1.54, 1.807) is 0 Å². The van der Waals surface area contributed by atoms with Crippen molar-refractivity contribution in [3.63, 3.8) is 0 Å². The van der Waals surface area contributed by atoms with E-state index in [4.69, 9.17) is 0 Å². The second-order valence-electron chi connectivity index (χ2n) is 5.19. The van der Waals surface area contributed by atoms with Crippen LogP contribution in [0.3, 0.4) is 0 Å². The zero-order chi connectivity index (χ0) is 13.5. The molecule has 2 nitrogen and oxygen atoms in total. The van der Waals surface area contributed by atoms with Crippen molar-refractivity contribution in [3.8, 4) is 0 Å². The van der Waals surface area contributed by atoms with Gasteiger partial charge in [-0.2, -0.15) is 0 Å². The largest absolute Gasteiger partial charge is 0.393 e. The van der Waals surface area contributed by atoms with E-state index in [1.165, 1.54) is 0 Å². The Labute approximate surface area is 110 Å². The molecule has 0 spiro atoms. The normalized spacial score (nSPS) is 17.0. The third-order valence-corrected chi connectivity index (χ3v) is 3.23. The van der Waals surface area contributed by atoms with Gasteiger partial charge in [0.15, 0.2) is 0 Å². The second kappa shape index (κ2) is 7.34. The number of aliphatic hydroxyl groups excluding tert-OH is 2. The first-order valence-electron chi connectivity index (χ1n) is 6.60. The molecule has 0 aliphatic carbocycles. The highest BCUT2D eigenvalue weighted by molar-refractivity contribution is 5.19. The van der Waals surface area contributed by atoms with Crippen LogP contribution >= 0.6 is 0 Å². The summed E-state index contributed by atoms with van der Waals surface area (Å²) in [5.41, 5.74) is 0.930.